The van der Waals surface area contributed by atoms with Crippen molar-refractivity contribution in [1.82, 2.24) is 5.32 Å². The fourth-order valence-electron chi connectivity index (χ4n) is 2.48. The van der Waals surface area contributed by atoms with Crippen LogP contribution in [-0.4, -0.2) is 24.5 Å². The van der Waals surface area contributed by atoms with E-state index in [0.717, 1.165) is 12.8 Å². The number of esters is 1. The molecule has 19 heavy (non-hydrogen) atoms. The zero-order chi connectivity index (χ0) is 13.9. The molecule has 1 aromatic rings. The number of hydrogen-bond acceptors (Lipinski definition) is 4. The Labute approximate surface area is 112 Å². The second-order valence-electron chi connectivity index (χ2n) is 4.86. The molecule has 1 aliphatic carbocycles. The van der Waals surface area contributed by atoms with Gasteiger partial charge >= 0.3 is 5.97 Å². The molecule has 1 saturated carbocycles. The number of ether oxygens (including phenoxy) is 1. The molecule has 0 unspecified atom stereocenters. The second kappa shape index (κ2) is 5.30. The molecule has 3 N–H and O–H groups in total. The summed E-state index contributed by atoms with van der Waals surface area (Å²) in [4.78, 5) is 24.1. The third kappa shape index (κ3) is 2.70. The summed E-state index contributed by atoms with van der Waals surface area (Å²) < 4.78 is 4.82. The van der Waals surface area contributed by atoms with E-state index in [9.17, 15) is 9.59 Å². The Balaban J connectivity index is 2.16. The van der Waals surface area contributed by atoms with Gasteiger partial charge in [0.25, 0.3) is 5.91 Å². The van der Waals surface area contributed by atoms with Gasteiger partial charge in [-0.25, -0.2) is 4.79 Å². The molecule has 0 aliphatic heterocycles. The predicted molar refractivity (Wildman–Crippen MR) is 71.5 cm³/mol. The Morgan fingerprint density at radius 2 is 1.79 bits per heavy atom. The molecule has 0 spiro atoms. The average Bonchev–Trinajstić information content (AvgIpc) is 2.88. The molecule has 0 radical (unpaired) electrons. The number of rotatable bonds is 3. The van der Waals surface area contributed by atoms with Crippen LogP contribution in [0, 0.1) is 0 Å². The van der Waals surface area contributed by atoms with Crippen LogP contribution < -0.4 is 11.1 Å². The number of anilines is 1. The standard InChI is InChI=1S/C14H18N2O3/c1-19-13(18)14(8-2-3-9-14)16-12(17)10-4-6-11(15)7-5-10/h4-7H,2-3,8-9,15H2,1H3,(H,16,17). The highest BCUT2D eigenvalue weighted by Gasteiger charge is 2.43. The molecule has 1 fully saturated rings. The normalized spacial score (nSPS) is 16.9. The van der Waals surface area contributed by atoms with Gasteiger partial charge in [0.2, 0.25) is 0 Å². The minimum atomic E-state index is -0.868. The van der Waals surface area contributed by atoms with E-state index in [1.54, 1.807) is 24.3 Å². The number of nitrogens with two attached hydrogens (primary N) is 1. The van der Waals surface area contributed by atoms with Gasteiger partial charge in [-0.2, -0.15) is 0 Å². The van der Waals surface area contributed by atoms with E-state index in [1.807, 2.05) is 0 Å². The lowest BCUT2D eigenvalue weighted by atomic mass is 9.97. The van der Waals surface area contributed by atoms with E-state index in [4.69, 9.17) is 10.5 Å². The zero-order valence-corrected chi connectivity index (χ0v) is 10.9. The first-order valence-electron chi connectivity index (χ1n) is 6.34. The molecular formula is C14H18N2O3. The van der Waals surface area contributed by atoms with Crippen molar-refractivity contribution in [3.8, 4) is 0 Å². The van der Waals surface area contributed by atoms with Crippen molar-refractivity contribution in [2.45, 2.75) is 31.2 Å². The van der Waals surface area contributed by atoms with Crippen LogP contribution in [0.4, 0.5) is 5.69 Å². The number of nitrogen functional groups attached to an aromatic ring is 1. The summed E-state index contributed by atoms with van der Waals surface area (Å²) in [5.74, 6) is -0.638. The lowest BCUT2D eigenvalue weighted by molar-refractivity contribution is -0.148. The molecule has 0 saturated heterocycles. The maximum atomic E-state index is 12.2. The van der Waals surface area contributed by atoms with Crippen molar-refractivity contribution in [3.05, 3.63) is 29.8 Å². The predicted octanol–water partition coefficient (Wildman–Crippen LogP) is 1.48. The topological polar surface area (TPSA) is 81.4 Å². The largest absolute Gasteiger partial charge is 0.467 e. The minimum Gasteiger partial charge on any atom is -0.467 e. The van der Waals surface area contributed by atoms with E-state index < -0.39 is 5.54 Å². The van der Waals surface area contributed by atoms with E-state index in [0.29, 0.717) is 24.1 Å². The number of methoxy groups -OCH3 is 1. The van der Waals surface area contributed by atoms with Gasteiger partial charge in [0, 0.05) is 11.3 Å². The van der Waals surface area contributed by atoms with Gasteiger partial charge in [0.15, 0.2) is 0 Å². The van der Waals surface area contributed by atoms with Crippen LogP contribution in [0.25, 0.3) is 0 Å². The number of amides is 1. The lowest BCUT2D eigenvalue weighted by Crippen LogP contribution is -2.53. The molecule has 1 amide bonds. The first-order chi connectivity index (χ1) is 9.07. The number of benzene rings is 1. The summed E-state index contributed by atoms with van der Waals surface area (Å²) in [5.41, 5.74) is 5.80. The Kier molecular flexibility index (Phi) is 3.74. The molecule has 2 rings (SSSR count). The average molecular weight is 262 g/mol. The quantitative estimate of drug-likeness (QED) is 0.638. The molecular weight excluding hydrogens is 244 g/mol. The molecule has 1 aromatic carbocycles. The minimum absolute atomic E-state index is 0.271. The van der Waals surface area contributed by atoms with E-state index in [1.165, 1.54) is 7.11 Å². The van der Waals surface area contributed by atoms with Crippen molar-refractivity contribution in [1.29, 1.82) is 0 Å². The monoisotopic (exact) mass is 262 g/mol. The maximum absolute atomic E-state index is 12.2. The highest BCUT2D eigenvalue weighted by Crippen LogP contribution is 2.31. The van der Waals surface area contributed by atoms with Crippen LogP contribution in [0.15, 0.2) is 24.3 Å². The summed E-state index contributed by atoms with van der Waals surface area (Å²) in [6, 6.07) is 6.61. The van der Waals surface area contributed by atoms with Crippen LogP contribution in [0.3, 0.4) is 0 Å². The fraction of sp³-hybridized carbons (Fsp3) is 0.429. The molecule has 5 nitrogen and oxygen atoms in total. The number of nitrogens with one attached hydrogen (secondary N) is 1. The molecule has 0 heterocycles. The van der Waals surface area contributed by atoms with Gasteiger partial charge in [-0.1, -0.05) is 12.8 Å². The number of carbonyl (C=O) groups is 2. The summed E-state index contributed by atoms with van der Waals surface area (Å²) >= 11 is 0. The van der Waals surface area contributed by atoms with Crippen molar-refractivity contribution in [3.63, 3.8) is 0 Å². The Morgan fingerprint density at radius 3 is 2.32 bits per heavy atom. The highest BCUT2D eigenvalue weighted by molar-refractivity contribution is 5.98. The van der Waals surface area contributed by atoms with Gasteiger partial charge in [-0.3, -0.25) is 4.79 Å². The van der Waals surface area contributed by atoms with Crippen LogP contribution in [0.2, 0.25) is 0 Å². The lowest BCUT2D eigenvalue weighted by Gasteiger charge is -2.27. The van der Waals surface area contributed by atoms with Gasteiger partial charge < -0.3 is 15.8 Å². The van der Waals surface area contributed by atoms with Crippen LogP contribution in [-0.2, 0) is 9.53 Å². The fourth-order valence-corrected chi connectivity index (χ4v) is 2.48. The number of carbonyl (C=O) groups excluding carboxylic acids is 2. The van der Waals surface area contributed by atoms with E-state index in [-0.39, 0.29) is 11.9 Å². The molecule has 0 aromatic heterocycles. The van der Waals surface area contributed by atoms with Crippen LogP contribution >= 0.6 is 0 Å². The van der Waals surface area contributed by atoms with E-state index >= 15 is 0 Å². The first-order valence-corrected chi connectivity index (χ1v) is 6.34. The van der Waals surface area contributed by atoms with Gasteiger partial charge in [-0.15, -0.1) is 0 Å². The molecule has 5 heteroatoms. The van der Waals surface area contributed by atoms with Crippen molar-refractivity contribution < 1.29 is 14.3 Å². The SMILES string of the molecule is COC(=O)C1(NC(=O)c2ccc(N)cc2)CCCC1. The molecule has 102 valence electrons. The Morgan fingerprint density at radius 1 is 1.21 bits per heavy atom. The van der Waals surface area contributed by atoms with Gasteiger partial charge in [0.1, 0.15) is 5.54 Å². The zero-order valence-electron chi connectivity index (χ0n) is 10.9. The summed E-state index contributed by atoms with van der Waals surface area (Å²) in [6.07, 6.45) is 3.08. The highest BCUT2D eigenvalue weighted by atomic mass is 16.5. The van der Waals surface area contributed by atoms with Crippen LogP contribution in [0.1, 0.15) is 36.0 Å². The summed E-state index contributed by atoms with van der Waals surface area (Å²) in [5, 5.41) is 2.82. The third-order valence-electron chi connectivity index (χ3n) is 3.56. The Hall–Kier alpha value is -2.04. The Bertz CT molecular complexity index is 476. The van der Waals surface area contributed by atoms with E-state index in [2.05, 4.69) is 5.32 Å². The van der Waals surface area contributed by atoms with Gasteiger partial charge in [-0.05, 0) is 37.1 Å². The maximum Gasteiger partial charge on any atom is 0.331 e. The second-order valence-corrected chi connectivity index (χ2v) is 4.86. The van der Waals surface area contributed by atoms with Crippen molar-refractivity contribution in [2.75, 3.05) is 12.8 Å². The molecule has 0 bridgehead atoms. The summed E-state index contributed by atoms with van der Waals surface area (Å²) in [7, 11) is 1.35. The first kappa shape index (κ1) is 13.4. The third-order valence-corrected chi connectivity index (χ3v) is 3.56. The molecule has 1 aliphatic rings. The smallest absolute Gasteiger partial charge is 0.331 e. The van der Waals surface area contributed by atoms with Crippen LogP contribution in [0.5, 0.6) is 0 Å². The summed E-state index contributed by atoms with van der Waals surface area (Å²) in [6.45, 7) is 0. The number of hydrogen-bond donors (Lipinski definition) is 2. The van der Waals surface area contributed by atoms with Crippen molar-refractivity contribution >= 4 is 17.6 Å². The molecule has 0 atom stereocenters. The van der Waals surface area contributed by atoms with Crippen molar-refractivity contribution in [2.24, 2.45) is 0 Å². The van der Waals surface area contributed by atoms with Gasteiger partial charge in [0.05, 0.1) is 7.11 Å².